The largest absolute Gasteiger partial charge is 0.475 e. The summed E-state index contributed by atoms with van der Waals surface area (Å²) < 4.78 is 17.9. The Morgan fingerprint density at radius 1 is 1.42 bits per heavy atom. The number of ether oxygens (including phenoxy) is 1. The van der Waals surface area contributed by atoms with Crippen LogP contribution in [-0.2, 0) is 0 Å². The third-order valence-corrected chi connectivity index (χ3v) is 1.27. The Morgan fingerprint density at radius 3 is 2.58 bits per heavy atom. The van der Waals surface area contributed by atoms with Crippen LogP contribution in [0.15, 0.2) is 12.1 Å². The third-order valence-electron chi connectivity index (χ3n) is 1.27. The molecular formula is C9H12FNO. The van der Waals surface area contributed by atoms with Gasteiger partial charge < -0.3 is 4.74 Å². The maximum Gasteiger partial charge on any atom is 0.216 e. The average molecular weight is 169 g/mol. The van der Waals surface area contributed by atoms with Gasteiger partial charge in [-0.2, -0.15) is 9.37 Å². The van der Waals surface area contributed by atoms with Gasteiger partial charge in [-0.25, -0.2) is 0 Å². The van der Waals surface area contributed by atoms with E-state index in [1.807, 2.05) is 13.8 Å². The minimum absolute atomic E-state index is 0.0266. The molecular weight excluding hydrogens is 157 g/mol. The number of aryl methyl sites for hydroxylation is 1. The van der Waals surface area contributed by atoms with Crippen molar-refractivity contribution < 1.29 is 9.13 Å². The van der Waals surface area contributed by atoms with E-state index in [0.717, 1.165) is 5.56 Å². The van der Waals surface area contributed by atoms with Gasteiger partial charge in [-0.15, -0.1) is 0 Å². The van der Waals surface area contributed by atoms with E-state index in [1.54, 1.807) is 13.0 Å². The van der Waals surface area contributed by atoms with E-state index in [9.17, 15) is 4.39 Å². The third kappa shape index (κ3) is 2.49. The van der Waals surface area contributed by atoms with E-state index in [-0.39, 0.29) is 6.10 Å². The summed E-state index contributed by atoms with van der Waals surface area (Å²) in [6.07, 6.45) is 0.0266. The molecule has 0 fully saturated rings. The van der Waals surface area contributed by atoms with Crippen molar-refractivity contribution in [1.29, 1.82) is 0 Å². The molecule has 0 aliphatic rings. The van der Waals surface area contributed by atoms with Gasteiger partial charge >= 0.3 is 0 Å². The number of hydrogen-bond donors (Lipinski definition) is 0. The molecule has 1 aromatic heterocycles. The number of pyridine rings is 1. The van der Waals surface area contributed by atoms with Crippen molar-refractivity contribution in [2.24, 2.45) is 0 Å². The molecule has 1 heterocycles. The van der Waals surface area contributed by atoms with Gasteiger partial charge in [0.05, 0.1) is 6.10 Å². The number of hydrogen-bond acceptors (Lipinski definition) is 2. The van der Waals surface area contributed by atoms with Gasteiger partial charge in [0.25, 0.3) is 0 Å². The van der Waals surface area contributed by atoms with Crippen LogP contribution in [0.5, 0.6) is 5.88 Å². The molecule has 0 aliphatic carbocycles. The van der Waals surface area contributed by atoms with Gasteiger partial charge in [-0.1, -0.05) is 0 Å². The minimum Gasteiger partial charge on any atom is -0.475 e. The van der Waals surface area contributed by atoms with E-state index in [0.29, 0.717) is 5.88 Å². The number of halogens is 1. The van der Waals surface area contributed by atoms with E-state index in [1.165, 1.54) is 6.07 Å². The quantitative estimate of drug-likeness (QED) is 0.634. The van der Waals surface area contributed by atoms with Crippen LogP contribution in [0.4, 0.5) is 4.39 Å². The van der Waals surface area contributed by atoms with Gasteiger partial charge in [0.2, 0.25) is 11.8 Å². The lowest BCUT2D eigenvalue weighted by Gasteiger charge is -2.08. The topological polar surface area (TPSA) is 22.1 Å². The fourth-order valence-electron chi connectivity index (χ4n) is 0.896. The van der Waals surface area contributed by atoms with Gasteiger partial charge in [0.15, 0.2) is 0 Å². The number of rotatable bonds is 2. The summed E-state index contributed by atoms with van der Waals surface area (Å²) >= 11 is 0. The second kappa shape index (κ2) is 3.52. The maximum absolute atomic E-state index is 12.7. The molecule has 0 amide bonds. The fraction of sp³-hybridized carbons (Fsp3) is 0.444. The van der Waals surface area contributed by atoms with Crippen molar-refractivity contribution in [3.05, 3.63) is 23.6 Å². The van der Waals surface area contributed by atoms with Crippen LogP contribution in [-0.4, -0.2) is 11.1 Å². The Bertz CT molecular complexity index is 253. The van der Waals surface area contributed by atoms with Crippen LogP contribution >= 0.6 is 0 Å². The zero-order valence-corrected chi connectivity index (χ0v) is 7.47. The van der Waals surface area contributed by atoms with E-state index < -0.39 is 5.95 Å². The minimum atomic E-state index is -0.495. The highest BCUT2D eigenvalue weighted by molar-refractivity contribution is 5.19. The molecule has 0 spiro atoms. The zero-order valence-electron chi connectivity index (χ0n) is 7.47. The Kier molecular flexibility index (Phi) is 2.63. The van der Waals surface area contributed by atoms with Crippen molar-refractivity contribution >= 4 is 0 Å². The number of nitrogens with zero attached hydrogens (tertiary/aromatic N) is 1. The molecule has 0 aromatic carbocycles. The van der Waals surface area contributed by atoms with Crippen LogP contribution in [0, 0.1) is 12.9 Å². The summed E-state index contributed by atoms with van der Waals surface area (Å²) in [5.41, 5.74) is 0.818. The van der Waals surface area contributed by atoms with Crippen LogP contribution in [0.3, 0.4) is 0 Å². The second-order valence-corrected chi connectivity index (χ2v) is 2.97. The summed E-state index contributed by atoms with van der Waals surface area (Å²) in [5, 5.41) is 0. The Labute approximate surface area is 71.4 Å². The molecule has 66 valence electrons. The predicted octanol–water partition coefficient (Wildman–Crippen LogP) is 2.32. The summed E-state index contributed by atoms with van der Waals surface area (Å²) in [7, 11) is 0. The van der Waals surface area contributed by atoms with E-state index in [4.69, 9.17) is 4.74 Å². The summed E-state index contributed by atoms with van der Waals surface area (Å²) in [5.74, 6) is -0.145. The van der Waals surface area contributed by atoms with E-state index >= 15 is 0 Å². The Morgan fingerprint density at radius 2 is 2.08 bits per heavy atom. The summed E-state index contributed by atoms with van der Waals surface area (Å²) in [6.45, 7) is 5.56. The molecule has 12 heavy (non-hydrogen) atoms. The molecule has 0 unspecified atom stereocenters. The molecule has 3 heteroatoms. The summed E-state index contributed by atoms with van der Waals surface area (Å²) in [6, 6.07) is 3.08. The number of aromatic nitrogens is 1. The van der Waals surface area contributed by atoms with Crippen molar-refractivity contribution in [3.63, 3.8) is 0 Å². The highest BCUT2D eigenvalue weighted by atomic mass is 19.1. The first-order valence-electron chi connectivity index (χ1n) is 3.89. The molecule has 0 atom stereocenters. The van der Waals surface area contributed by atoms with Crippen LogP contribution in [0.1, 0.15) is 19.4 Å². The van der Waals surface area contributed by atoms with E-state index in [2.05, 4.69) is 4.98 Å². The lowest BCUT2D eigenvalue weighted by atomic mass is 10.3. The van der Waals surface area contributed by atoms with Gasteiger partial charge in [0.1, 0.15) is 0 Å². The Hall–Kier alpha value is -1.12. The van der Waals surface area contributed by atoms with Gasteiger partial charge in [0, 0.05) is 6.07 Å². The van der Waals surface area contributed by atoms with Crippen LogP contribution in [0.25, 0.3) is 0 Å². The first kappa shape index (κ1) is 8.97. The van der Waals surface area contributed by atoms with Crippen LogP contribution in [0.2, 0.25) is 0 Å². The molecule has 0 radical (unpaired) electrons. The van der Waals surface area contributed by atoms with Crippen molar-refractivity contribution in [2.45, 2.75) is 26.9 Å². The predicted molar refractivity (Wildman–Crippen MR) is 44.7 cm³/mol. The fourth-order valence-corrected chi connectivity index (χ4v) is 0.896. The molecule has 0 saturated heterocycles. The summed E-state index contributed by atoms with van der Waals surface area (Å²) in [4.78, 5) is 3.59. The molecule has 0 bridgehead atoms. The molecule has 0 saturated carbocycles. The SMILES string of the molecule is Cc1cc(F)nc(OC(C)C)c1. The zero-order chi connectivity index (χ0) is 9.14. The lowest BCUT2D eigenvalue weighted by Crippen LogP contribution is -2.07. The maximum atomic E-state index is 12.7. The standard InChI is InChI=1S/C9H12FNO/c1-6(2)12-9-5-7(3)4-8(10)11-9/h4-6H,1-3H3. The van der Waals surface area contributed by atoms with Crippen molar-refractivity contribution in [3.8, 4) is 5.88 Å². The van der Waals surface area contributed by atoms with Crippen molar-refractivity contribution in [2.75, 3.05) is 0 Å². The second-order valence-electron chi connectivity index (χ2n) is 2.97. The molecule has 1 aromatic rings. The smallest absolute Gasteiger partial charge is 0.216 e. The van der Waals surface area contributed by atoms with Crippen LogP contribution < -0.4 is 4.74 Å². The highest BCUT2D eigenvalue weighted by Gasteiger charge is 2.01. The normalized spacial score (nSPS) is 10.4. The monoisotopic (exact) mass is 169 g/mol. The molecule has 2 nitrogen and oxygen atoms in total. The van der Waals surface area contributed by atoms with Crippen molar-refractivity contribution in [1.82, 2.24) is 4.98 Å². The highest BCUT2D eigenvalue weighted by Crippen LogP contribution is 2.12. The molecule has 0 aliphatic heterocycles. The Balaban J connectivity index is 2.85. The first-order chi connectivity index (χ1) is 5.58. The average Bonchev–Trinajstić information content (AvgIpc) is 1.81. The lowest BCUT2D eigenvalue weighted by molar-refractivity contribution is 0.229. The van der Waals surface area contributed by atoms with Gasteiger partial charge in [-0.05, 0) is 32.4 Å². The first-order valence-corrected chi connectivity index (χ1v) is 3.89. The van der Waals surface area contributed by atoms with Gasteiger partial charge in [-0.3, -0.25) is 0 Å². The molecule has 0 N–H and O–H groups in total. The molecule has 1 rings (SSSR count).